The maximum absolute atomic E-state index is 9.57. The van der Waals surface area contributed by atoms with Gasteiger partial charge < -0.3 is 18.0 Å². The van der Waals surface area contributed by atoms with Crippen LogP contribution in [-0.4, -0.2) is 52.0 Å². The number of nitrogens with zero attached hydrogens (tertiary/aromatic N) is 5. The molecule has 160 valence electrons. The van der Waals surface area contributed by atoms with E-state index in [0.717, 1.165) is 35.6 Å². The molecule has 2 unspecified atom stereocenters. The number of fused-ring (bicyclic) bond motifs is 3. The van der Waals surface area contributed by atoms with Crippen LogP contribution in [0.4, 0.5) is 5.82 Å². The molecule has 0 radical (unpaired) electrons. The van der Waals surface area contributed by atoms with E-state index in [1.54, 1.807) is 16.9 Å². The molecule has 2 atom stereocenters. The Morgan fingerprint density at radius 2 is 2.06 bits per heavy atom. The van der Waals surface area contributed by atoms with Crippen molar-refractivity contribution < 1.29 is 7.80 Å². The second-order valence-corrected chi connectivity index (χ2v) is 9.22. The number of hydrogen-bond acceptors (Lipinski definition) is 7. The predicted octanol–water partition coefficient (Wildman–Crippen LogP) is 3.34. The van der Waals surface area contributed by atoms with E-state index in [-0.39, 0.29) is 0 Å². The Balaban J connectivity index is 1.48. The first-order valence-corrected chi connectivity index (χ1v) is 11.2. The van der Waals surface area contributed by atoms with E-state index in [1.807, 2.05) is 49.1 Å². The molecule has 31 heavy (non-hydrogen) atoms. The standard InChI is InChI=1S/C22H23IN6O2/c1-22(2,31-23)13-30-18-6-19(21-15(7-24)9-26-29(21)12-18)14-3-4-20(25-8-14)28-10-16-5-17(11-28)27-16/h3-4,6,8-9,12,16-17,27H,5,10-11,13H2,1-2H3. The molecule has 2 bridgehead atoms. The van der Waals surface area contributed by atoms with Gasteiger partial charge in [0.05, 0.1) is 23.5 Å². The molecule has 3 fully saturated rings. The van der Waals surface area contributed by atoms with Gasteiger partial charge in [-0.1, -0.05) is 0 Å². The van der Waals surface area contributed by atoms with Gasteiger partial charge in [-0.25, -0.2) is 9.50 Å². The highest BCUT2D eigenvalue weighted by atomic mass is 127. The Kier molecular flexibility index (Phi) is 5.24. The molecule has 0 amide bonds. The summed E-state index contributed by atoms with van der Waals surface area (Å²) in [5.74, 6) is 1.64. The van der Waals surface area contributed by atoms with Crippen molar-refractivity contribution in [1.82, 2.24) is 19.9 Å². The SMILES string of the molecule is CC(C)(COc1cc(-c2ccc(N3CC4CC(C3)N4)nc2)c2c(C#N)cnn2c1)OI. The molecule has 3 saturated heterocycles. The van der Waals surface area contributed by atoms with E-state index < -0.39 is 5.60 Å². The highest BCUT2D eigenvalue weighted by Gasteiger charge is 2.36. The van der Waals surface area contributed by atoms with Crippen molar-refractivity contribution in [2.75, 3.05) is 24.6 Å². The van der Waals surface area contributed by atoms with Crippen molar-refractivity contribution in [1.29, 1.82) is 5.26 Å². The fourth-order valence-electron chi connectivity index (χ4n) is 4.19. The molecule has 6 heterocycles. The molecule has 3 aliphatic rings. The van der Waals surface area contributed by atoms with E-state index in [9.17, 15) is 5.26 Å². The van der Waals surface area contributed by atoms with Crippen molar-refractivity contribution in [2.24, 2.45) is 0 Å². The molecule has 9 heteroatoms. The summed E-state index contributed by atoms with van der Waals surface area (Å²) < 4.78 is 13.1. The minimum absolute atomic E-state index is 0.385. The summed E-state index contributed by atoms with van der Waals surface area (Å²) in [6.45, 7) is 6.29. The second-order valence-electron chi connectivity index (χ2n) is 8.78. The Morgan fingerprint density at radius 1 is 1.29 bits per heavy atom. The third-order valence-electron chi connectivity index (χ3n) is 5.81. The van der Waals surface area contributed by atoms with Crippen LogP contribution in [0.2, 0.25) is 0 Å². The van der Waals surface area contributed by atoms with Crippen molar-refractivity contribution in [3.05, 3.63) is 42.4 Å². The first-order valence-electron chi connectivity index (χ1n) is 10.3. The molecule has 6 rings (SSSR count). The molecule has 3 aliphatic heterocycles. The van der Waals surface area contributed by atoms with E-state index in [4.69, 9.17) is 12.8 Å². The normalized spacial score (nSPS) is 20.4. The number of nitriles is 1. The van der Waals surface area contributed by atoms with E-state index in [1.165, 1.54) is 6.42 Å². The molecular formula is C22H23IN6O2. The number of pyridine rings is 2. The molecule has 0 saturated carbocycles. The molecular weight excluding hydrogens is 507 g/mol. The second kappa shape index (κ2) is 7.93. The highest BCUT2D eigenvalue weighted by molar-refractivity contribution is 14.1. The van der Waals surface area contributed by atoms with Crippen LogP contribution < -0.4 is 15.0 Å². The highest BCUT2D eigenvalue weighted by Crippen LogP contribution is 2.32. The lowest BCUT2D eigenvalue weighted by Gasteiger charge is -2.48. The van der Waals surface area contributed by atoms with E-state index >= 15 is 0 Å². The number of piperidine rings is 1. The molecule has 1 N–H and O–H groups in total. The third-order valence-corrected chi connectivity index (χ3v) is 7.00. The number of hydrogen-bond donors (Lipinski definition) is 1. The summed E-state index contributed by atoms with van der Waals surface area (Å²) in [6.07, 6.45) is 6.50. The maximum Gasteiger partial charge on any atom is 0.138 e. The number of anilines is 1. The van der Waals surface area contributed by atoms with Crippen LogP contribution in [-0.2, 0) is 3.07 Å². The van der Waals surface area contributed by atoms with Crippen LogP contribution in [0.5, 0.6) is 5.75 Å². The molecule has 3 aromatic heterocycles. The lowest BCUT2D eigenvalue weighted by molar-refractivity contribution is 0.0943. The van der Waals surface area contributed by atoms with Gasteiger partial charge in [0, 0.05) is 42.5 Å². The zero-order valence-corrected chi connectivity index (χ0v) is 19.5. The van der Waals surface area contributed by atoms with Gasteiger partial charge in [0.25, 0.3) is 0 Å². The Morgan fingerprint density at radius 3 is 2.71 bits per heavy atom. The minimum atomic E-state index is -0.426. The summed E-state index contributed by atoms with van der Waals surface area (Å²) in [5.41, 5.74) is 2.62. The average molecular weight is 530 g/mol. The summed E-state index contributed by atoms with van der Waals surface area (Å²) >= 11 is 1.89. The minimum Gasteiger partial charge on any atom is -0.489 e. The monoisotopic (exact) mass is 530 g/mol. The molecule has 0 spiro atoms. The van der Waals surface area contributed by atoms with Crippen LogP contribution in [0.15, 0.2) is 36.8 Å². The lowest BCUT2D eigenvalue weighted by atomic mass is 9.91. The Bertz CT molecular complexity index is 1140. The predicted molar refractivity (Wildman–Crippen MR) is 125 cm³/mol. The van der Waals surface area contributed by atoms with Crippen LogP contribution in [0.25, 0.3) is 16.6 Å². The van der Waals surface area contributed by atoms with Crippen LogP contribution >= 0.6 is 23.0 Å². The van der Waals surface area contributed by atoms with Gasteiger partial charge in [0.2, 0.25) is 0 Å². The number of rotatable bonds is 6. The molecule has 0 aromatic carbocycles. The maximum atomic E-state index is 9.57. The smallest absolute Gasteiger partial charge is 0.138 e. The Hall–Kier alpha value is -2.42. The third kappa shape index (κ3) is 3.95. The molecule has 0 aliphatic carbocycles. The summed E-state index contributed by atoms with van der Waals surface area (Å²) in [5, 5.41) is 17.5. The van der Waals surface area contributed by atoms with Crippen molar-refractivity contribution in [3.63, 3.8) is 0 Å². The Labute approximate surface area is 194 Å². The number of piperazine rings is 1. The van der Waals surface area contributed by atoms with Crippen LogP contribution in [0.3, 0.4) is 0 Å². The van der Waals surface area contributed by atoms with Crippen LogP contribution in [0, 0.1) is 11.3 Å². The number of aromatic nitrogens is 3. The van der Waals surface area contributed by atoms with Gasteiger partial charge in [-0.3, -0.25) is 0 Å². The largest absolute Gasteiger partial charge is 0.489 e. The number of nitrogens with one attached hydrogen (secondary N) is 1. The van der Waals surface area contributed by atoms with Gasteiger partial charge in [-0.2, -0.15) is 10.4 Å². The van der Waals surface area contributed by atoms with Gasteiger partial charge in [0.15, 0.2) is 0 Å². The molecule has 3 aromatic rings. The van der Waals surface area contributed by atoms with E-state index in [0.29, 0.717) is 30.0 Å². The summed E-state index contributed by atoms with van der Waals surface area (Å²) in [6, 6.07) is 9.45. The fraction of sp³-hybridized carbons (Fsp3) is 0.409. The van der Waals surface area contributed by atoms with Crippen molar-refractivity contribution in [2.45, 2.75) is 38.0 Å². The first-order chi connectivity index (χ1) is 15.0. The quantitative estimate of drug-likeness (QED) is 0.490. The van der Waals surface area contributed by atoms with Gasteiger partial charge in [-0.05, 0) is 38.5 Å². The van der Waals surface area contributed by atoms with Crippen LogP contribution in [0.1, 0.15) is 25.8 Å². The fourth-order valence-corrected chi connectivity index (χ4v) is 4.32. The lowest BCUT2D eigenvalue weighted by Crippen LogP contribution is -2.67. The topological polar surface area (TPSA) is 87.7 Å². The van der Waals surface area contributed by atoms with Gasteiger partial charge in [-0.15, -0.1) is 0 Å². The van der Waals surface area contributed by atoms with Gasteiger partial charge in [0.1, 0.15) is 52.9 Å². The number of halogens is 1. The zero-order chi connectivity index (χ0) is 21.6. The average Bonchev–Trinajstić information content (AvgIpc) is 3.20. The number of ether oxygens (including phenoxy) is 1. The summed E-state index contributed by atoms with van der Waals surface area (Å²) in [7, 11) is 0. The van der Waals surface area contributed by atoms with Crippen molar-refractivity contribution >= 4 is 34.3 Å². The van der Waals surface area contributed by atoms with Gasteiger partial charge >= 0.3 is 0 Å². The zero-order valence-electron chi connectivity index (χ0n) is 17.4. The summed E-state index contributed by atoms with van der Waals surface area (Å²) in [4.78, 5) is 7.07. The first kappa shape index (κ1) is 20.5. The van der Waals surface area contributed by atoms with E-state index in [2.05, 4.69) is 33.5 Å². The molecule has 8 nitrogen and oxygen atoms in total. The van der Waals surface area contributed by atoms with Crippen molar-refractivity contribution in [3.8, 4) is 22.9 Å².